The highest BCUT2D eigenvalue weighted by Gasteiger charge is 2.45. The van der Waals surface area contributed by atoms with Crippen molar-refractivity contribution in [1.29, 1.82) is 0 Å². The summed E-state index contributed by atoms with van der Waals surface area (Å²) >= 11 is 0. The summed E-state index contributed by atoms with van der Waals surface area (Å²) in [5.74, 6) is -4.79. The van der Waals surface area contributed by atoms with Crippen LogP contribution in [-0.4, -0.2) is 28.9 Å². The molecule has 0 radical (unpaired) electrons. The summed E-state index contributed by atoms with van der Waals surface area (Å²) in [4.78, 5) is 26.1. The van der Waals surface area contributed by atoms with E-state index in [0.717, 1.165) is 21.4 Å². The first-order valence-electron chi connectivity index (χ1n) is 11.8. The molecule has 2 amide bonds. The predicted octanol–water partition coefficient (Wildman–Crippen LogP) is 4.33. The maximum atomic E-state index is 14.0. The van der Waals surface area contributed by atoms with Gasteiger partial charge in [-0.25, -0.2) is 8.78 Å². The summed E-state index contributed by atoms with van der Waals surface area (Å²) in [6, 6.07) is 7.45. The zero-order valence-corrected chi connectivity index (χ0v) is 20.3. The lowest BCUT2D eigenvalue weighted by Crippen LogP contribution is -2.48. The lowest BCUT2D eigenvalue weighted by atomic mass is 9.96. The molecule has 2 atom stereocenters. The van der Waals surface area contributed by atoms with Gasteiger partial charge in [-0.1, -0.05) is 24.2 Å². The normalized spacial score (nSPS) is 17.5. The Morgan fingerprint density at radius 2 is 1.97 bits per heavy atom. The van der Waals surface area contributed by atoms with Gasteiger partial charge in [-0.05, 0) is 48.9 Å². The second-order valence-electron chi connectivity index (χ2n) is 9.19. The number of benzene rings is 1. The van der Waals surface area contributed by atoms with Crippen LogP contribution in [-0.2, 0) is 11.2 Å². The van der Waals surface area contributed by atoms with E-state index in [1.165, 1.54) is 12.5 Å². The van der Waals surface area contributed by atoms with Crippen LogP contribution in [0, 0.1) is 25.0 Å². The molecule has 0 bridgehead atoms. The number of nitrogens with zero attached hydrogens (tertiary/aromatic N) is 2. The number of hydrogen-bond donors (Lipinski definition) is 2. The molecular formula is C26H28F2N4O4. The Kier molecular flexibility index (Phi) is 7.05. The van der Waals surface area contributed by atoms with Gasteiger partial charge in [0.2, 0.25) is 11.8 Å². The minimum absolute atomic E-state index is 0.107. The molecule has 1 aromatic carbocycles. The fourth-order valence-electron chi connectivity index (χ4n) is 4.73. The van der Waals surface area contributed by atoms with E-state index >= 15 is 0 Å². The van der Waals surface area contributed by atoms with Gasteiger partial charge in [0.05, 0.1) is 11.3 Å². The fourth-order valence-corrected chi connectivity index (χ4v) is 4.73. The summed E-state index contributed by atoms with van der Waals surface area (Å²) in [7, 11) is 0. The summed E-state index contributed by atoms with van der Waals surface area (Å²) < 4.78 is 33.6. The van der Waals surface area contributed by atoms with Crippen molar-refractivity contribution in [2.75, 3.05) is 5.32 Å². The van der Waals surface area contributed by atoms with Crippen molar-refractivity contribution in [2.24, 2.45) is 5.92 Å². The Labute approximate surface area is 207 Å². The molecule has 4 rings (SSSR count). The third-order valence-corrected chi connectivity index (χ3v) is 6.69. The van der Waals surface area contributed by atoms with Crippen molar-refractivity contribution in [1.82, 2.24) is 10.5 Å². The van der Waals surface area contributed by atoms with Crippen molar-refractivity contribution in [3.05, 3.63) is 70.5 Å². The predicted molar refractivity (Wildman–Crippen MR) is 128 cm³/mol. The smallest absolute Gasteiger partial charge is 0.257 e. The van der Waals surface area contributed by atoms with E-state index in [1.54, 1.807) is 44.2 Å². The molecule has 0 saturated heterocycles. The standard InChI is InChI=1S/C26H28F2N4O4/c1-4-21-20(14-36-31-21)24(33)30-23(18-9-11-26(27,28)13-18)25(34)29-19-7-5-17(6-8-19)22-15(2)10-12-32(35)16(22)3/h5-8,10,12,14,18,23H,4,9,11,13H2,1-3H3,(H,29,34)(H,30,33)/t18?,23-/m0/s1. The van der Waals surface area contributed by atoms with Gasteiger partial charge in [0.15, 0.2) is 11.9 Å². The van der Waals surface area contributed by atoms with Crippen LogP contribution in [0.15, 0.2) is 47.3 Å². The quantitative estimate of drug-likeness (QED) is 0.372. The maximum absolute atomic E-state index is 14.0. The molecule has 10 heteroatoms. The molecule has 1 unspecified atom stereocenters. The number of alkyl halides is 2. The van der Waals surface area contributed by atoms with Gasteiger partial charge in [-0.15, -0.1) is 0 Å². The number of anilines is 1. The highest BCUT2D eigenvalue weighted by atomic mass is 19.3. The largest absolute Gasteiger partial charge is 0.618 e. The number of aromatic nitrogens is 2. The maximum Gasteiger partial charge on any atom is 0.257 e. The van der Waals surface area contributed by atoms with Crippen LogP contribution in [0.1, 0.15) is 53.5 Å². The second-order valence-corrected chi connectivity index (χ2v) is 9.19. The van der Waals surface area contributed by atoms with Gasteiger partial charge in [0.1, 0.15) is 17.9 Å². The number of aryl methyl sites for hydroxylation is 2. The summed E-state index contributed by atoms with van der Waals surface area (Å²) in [6.45, 7) is 5.44. The van der Waals surface area contributed by atoms with Crippen LogP contribution < -0.4 is 15.4 Å². The van der Waals surface area contributed by atoms with Crippen LogP contribution in [0.4, 0.5) is 14.5 Å². The SMILES string of the molecule is CCc1nocc1C(=O)N[C@H](C(=O)Nc1ccc(-c2c(C)cc[n+]([O-])c2C)cc1)C1CCC(F)(F)C1. The third kappa shape index (κ3) is 5.22. The highest BCUT2D eigenvalue weighted by Crippen LogP contribution is 2.40. The van der Waals surface area contributed by atoms with Crippen molar-refractivity contribution in [2.45, 2.75) is 58.4 Å². The number of nitrogens with one attached hydrogen (secondary N) is 2. The molecule has 1 fully saturated rings. The van der Waals surface area contributed by atoms with E-state index in [9.17, 15) is 23.6 Å². The number of hydrogen-bond acceptors (Lipinski definition) is 5. The number of amides is 2. The molecular weight excluding hydrogens is 470 g/mol. The molecule has 2 heterocycles. The Morgan fingerprint density at radius 3 is 2.61 bits per heavy atom. The average molecular weight is 499 g/mol. The van der Waals surface area contributed by atoms with Gasteiger partial charge in [0.25, 0.3) is 5.91 Å². The number of rotatable bonds is 7. The zero-order chi connectivity index (χ0) is 26.0. The molecule has 0 spiro atoms. The minimum Gasteiger partial charge on any atom is -0.618 e. The first-order valence-corrected chi connectivity index (χ1v) is 11.8. The first kappa shape index (κ1) is 25.3. The molecule has 2 N–H and O–H groups in total. The molecule has 0 aliphatic heterocycles. The van der Waals surface area contributed by atoms with Crippen LogP contribution in [0.2, 0.25) is 0 Å². The van der Waals surface area contributed by atoms with Crippen LogP contribution in [0.25, 0.3) is 11.1 Å². The van der Waals surface area contributed by atoms with Gasteiger partial charge in [-0.2, -0.15) is 4.73 Å². The van der Waals surface area contributed by atoms with Crippen molar-refractivity contribution in [3.8, 4) is 11.1 Å². The molecule has 1 saturated carbocycles. The molecule has 1 aliphatic rings. The zero-order valence-electron chi connectivity index (χ0n) is 20.3. The second kappa shape index (κ2) is 10.0. The van der Waals surface area contributed by atoms with Gasteiger partial charge in [-0.3, -0.25) is 9.59 Å². The summed E-state index contributed by atoms with van der Waals surface area (Å²) in [5.41, 5.74) is 4.11. The number of carbonyl (C=O) groups is 2. The van der Waals surface area contributed by atoms with Crippen LogP contribution in [0.3, 0.4) is 0 Å². The van der Waals surface area contributed by atoms with Gasteiger partial charge >= 0.3 is 0 Å². The molecule has 36 heavy (non-hydrogen) atoms. The van der Waals surface area contributed by atoms with E-state index in [2.05, 4.69) is 15.8 Å². The number of pyridine rings is 1. The first-order chi connectivity index (χ1) is 17.1. The topological polar surface area (TPSA) is 111 Å². The lowest BCUT2D eigenvalue weighted by Gasteiger charge is -2.24. The van der Waals surface area contributed by atoms with Crippen LogP contribution >= 0.6 is 0 Å². The van der Waals surface area contributed by atoms with Crippen molar-refractivity contribution >= 4 is 17.5 Å². The Hall–Kier alpha value is -3.82. The molecule has 190 valence electrons. The van der Waals surface area contributed by atoms with Gasteiger partial charge in [0, 0.05) is 31.5 Å². The lowest BCUT2D eigenvalue weighted by molar-refractivity contribution is -0.611. The molecule has 8 nitrogen and oxygen atoms in total. The van der Waals surface area contributed by atoms with E-state index in [0.29, 0.717) is 23.5 Å². The molecule has 2 aromatic heterocycles. The van der Waals surface area contributed by atoms with Gasteiger partial charge < -0.3 is 20.4 Å². The number of carbonyl (C=O) groups excluding carboxylic acids is 2. The fraction of sp³-hybridized carbons (Fsp3) is 0.385. The third-order valence-electron chi connectivity index (χ3n) is 6.69. The van der Waals surface area contributed by atoms with E-state index in [-0.39, 0.29) is 18.4 Å². The van der Waals surface area contributed by atoms with E-state index in [4.69, 9.17) is 4.52 Å². The Morgan fingerprint density at radius 1 is 1.25 bits per heavy atom. The molecule has 3 aromatic rings. The minimum atomic E-state index is -2.88. The summed E-state index contributed by atoms with van der Waals surface area (Å²) in [6.07, 6.45) is 2.36. The average Bonchev–Trinajstić information content (AvgIpc) is 3.47. The van der Waals surface area contributed by atoms with Crippen LogP contribution in [0.5, 0.6) is 0 Å². The van der Waals surface area contributed by atoms with E-state index in [1.807, 2.05) is 6.92 Å². The summed E-state index contributed by atoms with van der Waals surface area (Å²) in [5, 5.41) is 21.1. The molecule has 1 aliphatic carbocycles. The monoisotopic (exact) mass is 498 g/mol. The van der Waals surface area contributed by atoms with E-state index < -0.39 is 36.1 Å². The van der Waals surface area contributed by atoms with Crippen molar-refractivity contribution in [3.63, 3.8) is 0 Å². The highest BCUT2D eigenvalue weighted by molar-refractivity contribution is 6.01. The number of halogens is 2. The Bertz CT molecular complexity index is 1270. The Balaban J connectivity index is 1.54. The van der Waals surface area contributed by atoms with Crippen molar-refractivity contribution < 1.29 is 27.6 Å².